The van der Waals surface area contributed by atoms with Gasteiger partial charge in [-0.3, -0.25) is 4.79 Å². The van der Waals surface area contributed by atoms with E-state index in [0.717, 1.165) is 31.4 Å². The maximum Gasteiger partial charge on any atom is 0.317 e. The van der Waals surface area contributed by atoms with Gasteiger partial charge in [0.25, 0.3) is 5.91 Å². The van der Waals surface area contributed by atoms with Crippen LogP contribution in [0.3, 0.4) is 0 Å². The molecule has 8 heteroatoms. The number of benzene rings is 2. The minimum atomic E-state index is -0.262. The molecule has 0 saturated carbocycles. The van der Waals surface area contributed by atoms with Crippen LogP contribution in [0.1, 0.15) is 34.5 Å². The van der Waals surface area contributed by atoms with Crippen LogP contribution in [0.4, 0.5) is 4.79 Å². The zero-order valence-electron chi connectivity index (χ0n) is 18.0. The van der Waals surface area contributed by atoms with Crippen LogP contribution < -0.4 is 10.6 Å². The molecule has 1 aromatic heterocycles. The highest BCUT2D eigenvalue weighted by Crippen LogP contribution is 2.19. The first-order chi connectivity index (χ1) is 15.7. The third-order valence-electron chi connectivity index (χ3n) is 5.64. The Kier molecular flexibility index (Phi) is 7.12. The van der Waals surface area contributed by atoms with E-state index in [1.807, 2.05) is 53.4 Å². The van der Waals surface area contributed by atoms with E-state index in [9.17, 15) is 9.59 Å². The van der Waals surface area contributed by atoms with Crippen LogP contribution in [-0.2, 0) is 19.5 Å². The van der Waals surface area contributed by atoms with Crippen LogP contribution in [0.25, 0.3) is 0 Å². The Balaban J connectivity index is 1.26. The van der Waals surface area contributed by atoms with Gasteiger partial charge in [-0.25, -0.2) is 9.48 Å². The largest absolute Gasteiger partial charge is 0.347 e. The summed E-state index contributed by atoms with van der Waals surface area (Å²) in [7, 11) is 0. The SMILES string of the molecule is O=C(NCc1ccccc1)c1cn(C[C@@H]2CCCN2C(=O)NCCc2ccccc2)nn1. The first-order valence-electron chi connectivity index (χ1n) is 11.0. The summed E-state index contributed by atoms with van der Waals surface area (Å²) in [5, 5.41) is 14.0. The molecule has 3 amide bonds. The van der Waals surface area contributed by atoms with Gasteiger partial charge in [0, 0.05) is 19.6 Å². The van der Waals surface area contributed by atoms with Gasteiger partial charge < -0.3 is 15.5 Å². The van der Waals surface area contributed by atoms with Gasteiger partial charge in [0.15, 0.2) is 5.69 Å². The molecule has 166 valence electrons. The van der Waals surface area contributed by atoms with Crippen LogP contribution in [-0.4, -0.2) is 51.0 Å². The average molecular weight is 433 g/mol. The molecule has 1 fully saturated rings. The van der Waals surface area contributed by atoms with Crippen molar-refractivity contribution in [2.75, 3.05) is 13.1 Å². The van der Waals surface area contributed by atoms with Crippen molar-refractivity contribution >= 4 is 11.9 Å². The molecule has 0 bridgehead atoms. The number of rotatable bonds is 8. The normalized spacial score (nSPS) is 15.5. The van der Waals surface area contributed by atoms with Crippen molar-refractivity contribution in [1.29, 1.82) is 0 Å². The summed E-state index contributed by atoms with van der Waals surface area (Å²) in [4.78, 5) is 26.9. The number of carbonyl (C=O) groups is 2. The van der Waals surface area contributed by atoms with E-state index >= 15 is 0 Å². The molecule has 3 aromatic rings. The zero-order valence-corrected chi connectivity index (χ0v) is 18.0. The van der Waals surface area contributed by atoms with Gasteiger partial charge in [-0.05, 0) is 30.4 Å². The fourth-order valence-corrected chi connectivity index (χ4v) is 3.93. The van der Waals surface area contributed by atoms with Crippen molar-refractivity contribution in [3.63, 3.8) is 0 Å². The van der Waals surface area contributed by atoms with Gasteiger partial charge in [-0.15, -0.1) is 5.10 Å². The average Bonchev–Trinajstić information content (AvgIpc) is 3.49. The van der Waals surface area contributed by atoms with Crippen LogP contribution in [0, 0.1) is 0 Å². The summed E-state index contributed by atoms with van der Waals surface area (Å²) in [6, 6.07) is 19.8. The molecule has 2 aromatic carbocycles. The molecule has 1 aliphatic rings. The Morgan fingerprint density at radius 1 is 0.969 bits per heavy atom. The van der Waals surface area contributed by atoms with Gasteiger partial charge in [-0.1, -0.05) is 65.9 Å². The van der Waals surface area contributed by atoms with E-state index in [-0.39, 0.29) is 23.7 Å². The number of hydrogen-bond donors (Lipinski definition) is 2. The molecule has 1 atom stereocenters. The summed E-state index contributed by atoms with van der Waals surface area (Å²) in [6.07, 6.45) is 4.30. The third-order valence-corrected chi connectivity index (χ3v) is 5.64. The van der Waals surface area contributed by atoms with Crippen molar-refractivity contribution in [3.8, 4) is 0 Å². The predicted molar refractivity (Wildman–Crippen MR) is 121 cm³/mol. The maximum atomic E-state index is 12.7. The second-order valence-corrected chi connectivity index (χ2v) is 7.95. The quantitative estimate of drug-likeness (QED) is 0.572. The molecule has 32 heavy (non-hydrogen) atoms. The van der Waals surface area contributed by atoms with E-state index in [1.54, 1.807) is 10.9 Å². The van der Waals surface area contributed by atoms with Crippen molar-refractivity contribution in [3.05, 3.63) is 83.7 Å². The summed E-state index contributed by atoms with van der Waals surface area (Å²) >= 11 is 0. The lowest BCUT2D eigenvalue weighted by Crippen LogP contribution is -2.45. The van der Waals surface area contributed by atoms with Crippen LogP contribution in [0.5, 0.6) is 0 Å². The van der Waals surface area contributed by atoms with Crippen molar-refractivity contribution in [2.45, 2.75) is 38.4 Å². The first kappa shape index (κ1) is 21.5. The molecule has 0 radical (unpaired) electrons. The smallest absolute Gasteiger partial charge is 0.317 e. The number of nitrogens with zero attached hydrogens (tertiary/aromatic N) is 4. The Bertz CT molecular complexity index is 1020. The molecule has 1 aliphatic heterocycles. The molecule has 2 N–H and O–H groups in total. The molecular formula is C24H28N6O2. The number of hydrogen-bond acceptors (Lipinski definition) is 4. The zero-order chi connectivity index (χ0) is 22.2. The second kappa shape index (κ2) is 10.6. The van der Waals surface area contributed by atoms with Gasteiger partial charge >= 0.3 is 6.03 Å². The van der Waals surface area contributed by atoms with Crippen molar-refractivity contribution < 1.29 is 9.59 Å². The van der Waals surface area contributed by atoms with E-state index in [4.69, 9.17) is 0 Å². The highest BCUT2D eigenvalue weighted by atomic mass is 16.2. The standard InChI is InChI=1S/C24H28N6O2/c31-23(26-16-20-10-5-2-6-11-20)22-18-29(28-27-22)17-21-12-7-15-30(21)24(32)25-14-13-19-8-3-1-4-9-19/h1-6,8-11,18,21H,7,12-17H2,(H,25,32)(H,26,31)/t21-/m0/s1. The lowest BCUT2D eigenvalue weighted by atomic mass is 10.1. The molecule has 8 nitrogen and oxygen atoms in total. The topological polar surface area (TPSA) is 92.2 Å². The number of aromatic nitrogens is 3. The molecular weight excluding hydrogens is 404 g/mol. The fourth-order valence-electron chi connectivity index (χ4n) is 3.93. The minimum Gasteiger partial charge on any atom is -0.347 e. The molecule has 4 rings (SSSR count). The monoisotopic (exact) mass is 432 g/mol. The Morgan fingerprint density at radius 2 is 1.69 bits per heavy atom. The Labute approximate surface area is 187 Å². The van der Waals surface area contributed by atoms with Crippen LogP contribution in [0.2, 0.25) is 0 Å². The lowest BCUT2D eigenvalue weighted by Gasteiger charge is -2.24. The number of nitrogens with one attached hydrogen (secondary N) is 2. The molecule has 0 aliphatic carbocycles. The second-order valence-electron chi connectivity index (χ2n) is 7.95. The summed E-state index contributed by atoms with van der Waals surface area (Å²) in [5.74, 6) is -0.262. The third kappa shape index (κ3) is 5.72. The number of carbonyl (C=O) groups excluding carboxylic acids is 2. The van der Waals surface area contributed by atoms with Crippen LogP contribution in [0.15, 0.2) is 66.9 Å². The summed E-state index contributed by atoms with van der Waals surface area (Å²) in [5.41, 5.74) is 2.50. The maximum absolute atomic E-state index is 12.7. The highest BCUT2D eigenvalue weighted by Gasteiger charge is 2.29. The first-order valence-corrected chi connectivity index (χ1v) is 11.0. The lowest BCUT2D eigenvalue weighted by molar-refractivity contribution is 0.0945. The van der Waals surface area contributed by atoms with Gasteiger partial charge in [0.2, 0.25) is 0 Å². The van der Waals surface area contributed by atoms with Gasteiger partial charge in [-0.2, -0.15) is 0 Å². The van der Waals surface area contributed by atoms with E-state index in [0.29, 0.717) is 19.6 Å². The van der Waals surface area contributed by atoms with E-state index < -0.39 is 0 Å². The minimum absolute atomic E-state index is 0.0358. The van der Waals surface area contributed by atoms with Gasteiger partial charge in [0.05, 0.1) is 18.8 Å². The Hall–Kier alpha value is -3.68. The van der Waals surface area contributed by atoms with E-state index in [2.05, 4.69) is 33.1 Å². The van der Waals surface area contributed by atoms with Crippen molar-refractivity contribution in [1.82, 2.24) is 30.5 Å². The molecule has 2 heterocycles. The molecule has 0 unspecified atom stereocenters. The Morgan fingerprint density at radius 3 is 2.44 bits per heavy atom. The summed E-state index contributed by atoms with van der Waals surface area (Å²) < 4.78 is 1.65. The number of amides is 3. The van der Waals surface area contributed by atoms with Gasteiger partial charge in [0.1, 0.15) is 0 Å². The number of urea groups is 1. The highest BCUT2D eigenvalue weighted by molar-refractivity contribution is 5.91. The number of likely N-dealkylation sites (tertiary alicyclic amines) is 1. The fraction of sp³-hybridized carbons (Fsp3) is 0.333. The predicted octanol–water partition coefficient (Wildman–Crippen LogP) is 2.62. The van der Waals surface area contributed by atoms with E-state index in [1.165, 1.54) is 5.56 Å². The van der Waals surface area contributed by atoms with Crippen molar-refractivity contribution in [2.24, 2.45) is 0 Å². The summed E-state index contributed by atoms with van der Waals surface area (Å²) in [6.45, 7) is 2.28. The molecule has 1 saturated heterocycles. The van der Waals surface area contributed by atoms with Crippen LogP contribution >= 0.6 is 0 Å². The molecule has 0 spiro atoms.